The maximum atomic E-state index is 11.7. The van der Waals surface area contributed by atoms with Gasteiger partial charge in [0, 0.05) is 33.7 Å². The number of benzene rings is 1. The highest BCUT2D eigenvalue weighted by Gasteiger charge is 2.13. The molecular formula is C14H10Cl2N4O2. The molecule has 1 aromatic heterocycles. The van der Waals surface area contributed by atoms with Gasteiger partial charge in [0.2, 0.25) is 0 Å². The molecule has 0 atom stereocenters. The smallest absolute Gasteiger partial charge is 0.318 e. The quantitative estimate of drug-likeness (QED) is 0.513. The Kier molecular flexibility index (Phi) is 5.46. The Morgan fingerprint density at radius 3 is 2.50 bits per heavy atom. The van der Waals surface area contributed by atoms with E-state index in [0.717, 1.165) is 0 Å². The number of nitrogens with zero attached hydrogens (tertiary/aromatic N) is 2. The molecule has 8 heteroatoms. The van der Waals surface area contributed by atoms with Gasteiger partial charge in [0.25, 0.3) is 0 Å². The Bertz CT molecular complexity index is 700. The molecule has 1 aromatic carbocycles. The van der Waals surface area contributed by atoms with Gasteiger partial charge in [-0.2, -0.15) is 5.10 Å². The Balaban J connectivity index is 1.92. The van der Waals surface area contributed by atoms with Crippen LogP contribution >= 0.6 is 23.2 Å². The lowest BCUT2D eigenvalue weighted by Gasteiger charge is -2.05. The number of rotatable bonds is 3. The van der Waals surface area contributed by atoms with E-state index < -0.39 is 11.8 Å². The topological polar surface area (TPSA) is 83.5 Å². The van der Waals surface area contributed by atoms with Gasteiger partial charge in [0.1, 0.15) is 0 Å². The van der Waals surface area contributed by atoms with Crippen molar-refractivity contribution >= 4 is 46.9 Å². The van der Waals surface area contributed by atoms with Gasteiger partial charge in [-0.05, 0) is 24.3 Å². The predicted molar refractivity (Wildman–Crippen MR) is 85.1 cm³/mol. The second-order valence-electron chi connectivity index (χ2n) is 4.10. The maximum absolute atomic E-state index is 11.7. The van der Waals surface area contributed by atoms with E-state index in [1.807, 2.05) is 0 Å². The summed E-state index contributed by atoms with van der Waals surface area (Å²) in [6, 6.07) is 7.92. The summed E-state index contributed by atoms with van der Waals surface area (Å²) < 4.78 is 0. The van der Waals surface area contributed by atoms with E-state index >= 15 is 0 Å². The number of halogens is 2. The minimum absolute atomic E-state index is 0.314. The molecule has 0 aliphatic heterocycles. The van der Waals surface area contributed by atoms with Crippen molar-refractivity contribution in [3.63, 3.8) is 0 Å². The van der Waals surface area contributed by atoms with Crippen LogP contribution in [0.25, 0.3) is 0 Å². The Labute approximate surface area is 136 Å². The molecule has 0 unspecified atom stereocenters. The van der Waals surface area contributed by atoms with Gasteiger partial charge < -0.3 is 5.32 Å². The fourth-order valence-corrected chi connectivity index (χ4v) is 2.01. The summed E-state index contributed by atoms with van der Waals surface area (Å²) in [4.78, 5) is 27.2. The lowest BCUT2D eigenvalue weighted by atomic mass is 10.3. The number of carbonyl (C=O) groups is 2. The van der Waals surface area contributed by atoms with Crippen LogP contribution in [0.1, 0.15) is 5.56 Å². The first kappa shape index (κ1) is 15.9. The van der Waals surface area contributed by atoms with Crippen LogP contribution in [0.3, 0.4) is 0 Å². The third kappa shape index (κ3) is 4.83. The highest BCUT2D eigenvalue weighted by Crippen LogP contribution is 2.22. The lowest BCUT2D eigenvalue weighted by Crippen LogP contribution is -2.32. The van der Waals surface area contributed by atoms with E-state index in [9.17, 15) is 9.59 Å². The zero-order chi connectivity index (χ0) is 15.9. The highest BCUT2D eigenvalue weighted by molar-refractivity contribution is 6.40. The number of hydrazone groups is 1. The Morgan fingerprint density at radius 1 is 1.14 bits per heavy atom. The van der Waals surface area contributed by atoms with Gasteiger partial charge in [0.15, 0.2) is 0 Å². The predicted octanol–water partition coefficient (Wildman–Crippen LogP) is 2.48. The van der Waals surface area contributed by atoms with Crippen molar-refractivity contribution in [3.8, 4) is 0 Å². The molecule has 0 spiro atoms. The van der Waals surface area contributed by atoms with Crippen LogP contribution in [0.15, 0.2) is 47.8 Å². The first-order valence-corrected chi connectivity index (χ1v) is 6.81. The summed E-state index contributed by atoms with van der Waals surface area (Å²) in [5, 5.41) is 6.72. The molecular weight excluding hydrogens is 327 g/mol. The Morgan fingerprint density at radius 2 is 1.86 bits per heavy atom. The molecule has 1 heterocycles. The van der Waals surface area contributed by atoms with Gasteiger partial charge in [-0.3, -0.25) is 14.6 Å². The third-order valence-electron chi connectivity index (χ3n) is 2.39. The average Bonchev–Trinajstić information content (AvgIpc) is 2.47. The van der Waals surface area contributed by atoms with Crippen LogP contribution in [0.4, 0.5) is 5.69 Å². The van der Waals surface area contributed by atoms with Crippen molar-refractivity contribution in [1.29, 1.82) is 0 Å². The van der Waals surface area contributed by atoms with Gasteiger partial charge >= 0.3 is 11.8 Å². The number of hydrogen-bond donors (Lipinski definition) is 2. The summed E-state index contributed by atoms with van der Waals surface area (Å²) in [5.41, 5.74) is 3.10. The molecule has 112 valence electrons. The molecule has 2 N–H and O–H groups in total. The van der Waals surface area contributed by atoms with Crippen molar-refractivity contribution in [2.45, 2.75) is 0 Å². The molecule has 22 heavy (non-hydrogen) atoms. The number of anilines is 1. The summed E-state index contributed by atoms with van der Waals surface area (Å²) >= 11 is 11.6. The van der Waals surface area contributed by atoms with E-state index in [1.165, 1.54) is 24.4 Å². The van der Waals surface area contributed by atoms with Crippen LogP contribution in [0, 0.1) is 0 Å². The Hall–Kier alpha value is -2.44. The number of nitrogens with one attached hydrogen (secondary N) is 2. The summed E-state index contributed by atoms with van der Waals surface area (Å²) in [6.07, 6.45) is 4.54. The SMILES string of the molecule is O=C(N/N=C\c1cccnc1)C(=O)Nc1cc(Cl)cc(Cl)c1. The molecule has 0 fully saturated rings. The number of carbonyl (C=O) groups excluding carboxylic acids is 2. The third-order valence-corrected chi connectivity index (χ3v) is 2.83. The van der Waals surface area contributed by atoms with Crippen LogP contribution < -0.4 is 10.7 Å². The van der Waals surface area contributed by atoms with Gasteiger partial charge in [0.05, 0.1) is 6.21 Å². The average molecular weight is 337 g/mol. The number of pyridine rings is 1. The molecule has 2 rings (SSSR count). The molecule has 0 aliphatic rings. The van der Waals surface area contributed by atoms with E-state index in [0.29, 0.717) is 21.3 Å². The molecule has 0 bridgehead atoms. The molecule has 0 saturated heterocycles. The fraction of sp³-hybridized carbons (Fsp3) is 0. The molecule has 2 aromatic rings. The largest absolute Gasteiger partial charge is 0.329 e. The van der Waals surface area contributed by atoms with Crippen molar-refractivity contribution in [1.82, 2.24) is 10.4 Å². The normalized spacial score (nSPS) is 10.5. The van der Waals surface area contributed by atoms with Crippen LogP contribution in [0.5, 0.6) is 0 Å². The van der Waals surface area contributed by atoms with E-state index in [-0.39, 0.29) is 0 Å². The van der Waals surface area contributed by atoms with E-state index in [4.69, 9.17) is 23.2 Å². The van der Waals surface area contributed by atoms with E-state index in [1.54, 1.807) is 24.5 Å². The fourth-order valence-electron chi connectivity index (χ4n) is 1.48. The zero-order valence-corrected chi connectivity index (χ0v) is 12.6. The van der Waals surface area contributed by atoms with Crippen molar-refractivity contribution in [2.24, 2.45) is 5.10 Å². The van der Waals surface area contributed by atoms with Crippen LogP contribution in [-0.2, 0) is 9.59 Å². The molecule has 0 saturated carbocycles. The minimum atomic E-state index is -0.920. The molecule has 2 amide bonds. The zero-order valence-electron chi connectivity index (χ0n) is 11.1. The van der Waals surface area contributed by atoms with Crippen molar-refractivity contribution in [2.75, 3.05) is 5.32 Å². The number of hydrogen-bond acceptors (Lipinski definition) is 4. The maximum Gasteiger partial charge on any atom is 0.329 e. The van der Waals surface area contributed by atoms with Gasteiger partial charge in [-0.1, -0.05) is 29.3 Å². The number of aromatic nitrogens is 1. The van der Waals surface area contributed by atoms with Gasteiger partial charge in [-0.25, -0.2) is 5.43 Å². The summed E-state index contributed by atoms with van der Waals surface area (Å²) in [5.74, 6) is -1.81. The first-order chi connectivity index (χ1) is 10.5. The summed E-state index contributed by atoms with van der Waals surface area (Å²) in [7, 11) is 0. The first-order valence-electron chi connectivity index (χ1n) is 6.05. The van der Waals surface area contributed by atoms with Crippen molar-refractivity contribution in [3.05, 3.63) is 58.3 Å². The van der Waals surface area contributed by atoms with Crippen molar-refractivity contribution < 1.29 is 9.59 Å². The standard InChI is InChI=1S/C14H10Cl2N4O2/c15-10-4-11(16)6-12(5-10)19-13(21)14(22)20-18-8-9-2-1-3-17-7-9/h1-8H,(H,19,21)(H,20,22)/b18-8-. The van der Waals surface area contributed by atoms with E-state index in [2.05, 4.69) is 20.8 Å². The minimum Gasteiger partial charge on any atom is -0.318 e. The molecule has 6 nitrogen and oxygen atoms in total. The second-order valence-corrected chi connectivity index (χ2v) is 4.97. The highest BCUT2D eigenvalue weighted by atomic mass is 35.5. The van der Waals surface area contributed by atoms with Crippen LogP contribution in [0.2, 0.25) is 10.0 Å². The summed E-state index contributed by atoms with van der Waals surface area (Å²) in [6.45, 7) is 0. The molecule has 0 radical (unpaired) electrons. The molecule has 0 aliphatic carbocycles. The van der Waals surface area contributed by atoms with Crippen LogP contribution in [-0.4, -0.2) is 23.0 Å². The second kappa shape index (κ2) is 7.53. The number of amides is 2. The lowest BCUT2D eigenvalue weighted by molar-refractivity contribution is -0.136. The van der Waals surface area contributed by atoms with Gasteiger partial charge in [-0.15, -0.1) is 0 Å². The monoisotopic (exact) mass is 336 g/mol.